The van der Waals surface area contributed by atoms with Gasteiger partial charge in [0.1, 0.15) is 12.7 Å². The van der Waals surface area contributed by atoms with Gasteiger partial charge in [-0.15, -0.1) is 0 Å². The van der Waals surface area contributed by atoms with Crippen LogP contribution in [0.2, 0.25) is 0 Å². The molecular formula is C15H17NO9. The molecule has 0 aliphatic carbocycles. The van der Waals surface area contributed by atoms with Crippen LogP contribution in [-0.4, -0.2) is 48.8 Å². The van der Waals surface area contributed by atoms with Gasteiger partial charge in [0.2, 0.25) is 17.6 Å². The molecule has 136 valence electrons. The molecule has 0 aromatic heterocycles. The fourth-order valence-electron chi connectivity index (χ4n) is 2.05. The Labute approximate surface area is 143 Å². The van der Waals surface area contributed by atoms with Crippen LogP contribution in [0.3, 0.4) is 0 Å². The van der Waals surface area contributed by atoms with E-state index in [0.717, 1.165) is 27.7 Å². The molecule has 25 heavy (non-hydrogen) atoms. The second-order valence-corrected chi connectivity index (χ2v) is 4.96. The SMILES string of the molecule is CC(=O)OC[C@@H]1OC(C#N)=C(OC(C)=O)[C@H](OC(C)=O)[C@@H]1OC(C)=O. The van der Waals surface area contributed by atoms with E-state index in [1.54, 1.807) is 6.07 Å². The first-order valence-electron chi connectivity index (χ1n) is 7.12. The molecule has 0 aromatic carbocycles. The summed E-state index contributed by atoms with van der Waals surface area (Å²) in [5, 5.41) is 9.21. The average molecular weight is 355 g/mol. The lowest BCUT2D eigenvalue weighted by Crippen LogP contribution is -2.51. The van der Waals surface area contributed by atoms with E-state index < -0.39 is 53.7 Å². The Morgan fingerprint density at radius 1 is 1.00 bits per heavy atom. The van der Waals surface area contributed by atoms with Crippen molar-refractivity contribution >= 4 is 23.9 Å². The van der Waals surface area contributed by atoms with Crippen molar-refractivity contribution in [3.63, 3.8) is 0 Å². The van der Waals surface area contributed by atoms with Crippen molar-refractivity contribution in [2.45, 2.75) is 46.0 Å². The summed E-state index contributed by atoms with van der Waals surface area (Å²) in [6.45, 7) is 4.02. The van der Waals surface area contributed by atoms with Crippen molar-refractivity contribution in [1.29, 1.82) is 5.26 Å². The van der Waals surface area contributed by atoms with Gasteiger partial charge in [0.25, 0.3) is 0 Å². The van der Waals surface area contributed by atoms with E-state index in [9.17, 15) is 24.4 Å². The van der Waals surface area contributed by atoms with E-state index >= 15 is 0 Å². The van der Waals surface area contributed by atoms with Crippen molar-refractivity contribution in [2.75, 3.05) is 6.61 Å². The molecule has 0 aromatic rings. The van der Waals surface area contributed by atoms with Gasteiger partial charge in [-0.1, -0.05) is 0 Å². The lowest BCUT2D eigenvalue weighted by Gasteiger charge is -2.36. The molecule has 0 unspecified atom stereocenters. The molecule has 0 saturated heterocycles. The summed E-state index contributed by atoms with van der Waals surface area (Å²) in [7, 11) is 0. The normalized spacial score (nSPS) is 22.1. The third-order valence-electron chi connectivity index (χ3n) is 2.82. The lowest BCUT2D eigenvalue weighted by molar-refractivity contribution is -0.188. The number of esters is 4. The highest BCUT2D eigenvalue weighted by molar-refractivity contribution is 5.70. The van der Waals surface area contributed by atoms with Crippen molar-refractivity contribution in [3.05, 3.63) is 11.5 Å². The van der Waals surface area contributed by atoms with Gasteiger partial charge < -0.3 is 23.7 Å². The number of allylic oxidation sites excluding steroid dienone is 1. The molecule has 1 heterocycles. The van der Waals surface area contributed by atoms with Crippen LogP contribution in [0.15, 0.2) is 11.5 Å². The van der Waals surface area contributed by atoms with Crippen LogP contribution in [0.4, 0.5) is 0 Å². The Morgan fingerprint density at radius 2 is 1.60 bits per heavy atom. The minimum Gasteiger partial charge on any atom is -0.470 e. The second kappa shape index (κ2) is 8.68. The van der Waals surface area contributed by atoms with Gasteiger partial charge in [0.05, 0.1) is 0 Å². The molecule has 0 radical (unpaired) electrons. The fraction of sp³-hybridized carbons (Fsp3) is 0.533. The molecule has 10 heteroatoms. The predicted octanol–water partition coefficient (Wildman–Crippen LogP) is 0.110. The Kier molecular flexibility index (Phi) is 6.93. The first-order chi connectivity index (χ1) is 11.6. The van der Waals surface area contributed by atoms with Gasteiger partial charge in [-0.25, -0.2) is 0 Å². The third kappa shape index (κ3) is 5.80. The summed E-state index contributed by atoms with van der Waals surface area (Å²) in [6.07, 6.45) is -3.87. The van der Waals surface area contributed by atoms with Crippen LogP contribution < -0.4 is 0 Å². The van der Waals surface area contributed by atoms with E-state index in [-0.39, 0.29) is 6.61 Å². The number of hydrogen-bond donors (Lipinski definition) is 0. The van der Waals surface area contributed by atoms with E-state index in [1.165, 1.54) is 0 Å². The second-order valence-electron chi connectivity index (χ2n) is 4.96. The quantitative estimate of drug-likeness (QED) is 0.493. The zero-order valence-corrected chi connectivity index (χ0v) is 14.1. The monoisotopic (exact) mass is 355 g/mol. The van der Waals surface area contributed by atoms with Crippen LogP contribution in [0.1, 0.15) is 27.7 Å². The molecule has 1 aliphatic rings. The maximum Gasteiger partial charge on any atom is 0.308 e. The smallest absolute Gasteiger partial charge is 0.308 e. The molecular weight excluding hydrogens is 338 g/mol. The number of nitriles is 1. The summed E-state index contributed by atoms with van der Waals surface area (Å²) in [5.41, 5.74) is 0. The number of hydrogen-bond acceptors (Lipinski definition) is 10. The summed E-state index contributed by atoms with van der Waals surface area (Å²) in [5.74, 6) is -3.83. The number of ether oxygens (including phenoxy) is 5. The fourth-order valence-corrected chi connectivity index (χ4v) is 2.05. The summed E-state index contributed by atoms with van der Waals surface area (Å²) < 4.78 is 25.2. The molecule has 10 nitrogen and oxygen atoms in total. The van der Waals surface area contributed by atoms with Crippen molar-refractivity contribution in [3.8, 4) is 6.07 Å². The number of rotatable bonds is 5. The largest absolute Gasteiger partial charge is 0.470 e. The van der Waals surface area contributed by atoms with Gasteiger partial charge in [0, 0.05) is 27.7 Å². The van der Waals surface area contributed by atoms with Crippen LogP contribution in [0, 0.1) is 11.3 Å². The third-order valence-corrected chi connectivity index (χ3v) is 2.82. The van der Waals surface area contributed by atoms with E-state index in [4.69, 9.17) is 23.7 Å². The summed E-state index contributed by atoms with van der Waals surface area (Å²) in [6, 6.07) is 1.66. The highest BCUT2D eigenvalue weighted by atomic mass is 16.6. The highest BCUT2D eigenvalue weighted by Gasteiger charge is 2.47. The number of nitrogens with zero attached hydrogens (tertiary/aromatic N) is 1. The molecule has 0 fully saturated rings. The van der Waals surface area contributed by atoms with Crippen LogP contribution in [0.5, 0.6) is 0 Å². The molecule has 0 spiro atoms. The summed E-state index contributed by atoms with van der Waals surface area (Å²) in [4.78, 5) is 45.1. The van der Waals surface area contributed by atoms with Gasteiger partial charge in [0.15, 0.2) is 12.2 Å². The van der Waals surface area contributed by atoms with Crippen LogP contribution in [-0.2, 0) is 42.9 Å². The van der Waals surface area contributed by atoms with Gasteiger partial charge in [-0.2, -0.15) is 5.26 Å². The van der Waals surface area contributed by atoms with E-state index in [2.05, 4.69) is 0 Å². The summed E-state index contributed by atoms with van der Waals surface area (Å²) >= 11 is 0. The Hall–Kier alpha value is -3.09. The predicted molar refractivity (Wildman–Crippen MR) is 77.0 cm³/mol. The zero-order chi connectivity index (χ0) is 19.1. The molecule has 0 saturated carbocycles. The molecule has 1 rings (SSSR count). The minimum atomic E-state index is -1.42. The topological polar surface area (TPSA) is 138 Å². The Bertz CT molecular complexity index is 646. The zero-order valence-electron chi connectivity index (χ0n) is 14.1. The van der Waals surface area contributed by atoms with Gasteiger partial charge >= 0.3 is 23.9 Å². The maximum absolute atomic E-state index is 11.4. The minimum absolute atomic E-state index is 0.385. The van der Waals surface area contributed by atoms with Crippen molar-refractivity contribution in [1.82, 2.24) is 0 Å². The van der Waals surface area contributed by atoms with Gasteiger partial charge in [-0.3, -0.25) is 19.2 Å². The van der Waals surface area contributed by atoms with Crippen LogP contribution >= 0.6 is 0 Å². The van der Waals surface area contributed by atoms with Crippen molar-refractivity contribution < 1.29 is 42.9 Å². The molecule has 0 amide bonds. The van der Waals surface area contributed by atoms with Crippen molar-refractivity contribution in [2.24, 2.45) is 0 Å². The first-order valence-corrected chi connectivity index (χ1v) is 7.12. The highest BCUT2D eigenvalue weighted by Crippen LogP contribution is 2.30. The van der Waals surface area contributed by atoms with E-state index in [1.807, 2.05) is 0 Å². The molecule has 0 N–H and O–H groups in total. The lowest BCUT2D eigenvalue weighted by atomic mass is 10.0. The van der Waals surface area contributed by atoms with E-state index in [0.29, 0.717) is 0 Å². The Morgan fingerprint density at radius 3 is 2.04 bits per heavy atom. The standard InChI is InChI=1S/C15H17NO9/c1-7(17)21-6-12-14(23-9(3)19)15(24-10(4)20)13(22-8(2)18)11(5-16)25-12/h12,14-15H,6H2,1-4H3/t12-,14+,15-/m0/s1. The van der Waals surface area contributed by atoms with Crippen LogP contribution in [0.25, 0.3) is 0 Å². The number of carbonyl (C=O) groups is 4. The Balaban J connectivity index is 3.33. The van der Waals surface area contributed by atoms with Gasteiger partial charge in [-0.05, 0) is 0 Å². The molecule has 1 aliphatic heterocycles. The first kappa shape index (κ1) is 20.0. The molecule has 3 atom stereocenters. The average Bonchev–Trinajstić information content (AvgIpc) is 2.48. The molecule has 0 bridgehead atoms. The maximum atomic E-state index is 11.4. The number of carbonyl (C=O) groups excluding carboxylic acids is 4.